The van der Waals surface area contributed by atoms with Crippen LogP contribution in [0.15, 0.2) is 30.3 Å². The van der Waals surface area contributed by atoms with Gasteiger partial charge < -0.3 is 19.5 Å². The van der Waals surface area contributed by atoms with Crippen LogP contribution in [-0.4, -0.2) is 46.1 Å². The molecule has 0 radical (unpaired) electrons. The molecular weight excluding hydrogens is 242 g/mol. The van der Waals surface area contributed by atoms with Gasteiger partial charge in [0.25, 0.3) is 0 Å². The maximum atomic E-state index is 6.02. The van der Waals surface area contributed by atoms with Gasteiger partial charge >= 0.3 is 0 Å². The lowest BCUT2D eigenvalue weighted by atomic mass is 10.0. The molecule has 1 saturated heterocycles. The average Bonchev–Trinajstić information content (AvgIpc) is 2.49. The summed E-state index contributed by atoms with van der Waals surface area (Å²) in [7, 11) is 1.71. The van der Waals surface area contributed by atoms with Crippen LogP contribution < -0.4 is 5.32 Å². The lowest BCUT2D eigenvalue weighted by Crippen LogP contribution is -2.42. The second-order valence-electron chi connectivity index (χ2n) is 4.66. The fourth-order valence-corrected chi connectivity index (χ4v) is 2.25. The summed E-state index contributed by atoms with van der Waals surface area (Å²) in [5.74, 6) is 0. The lowest BCUT2D eigenvalue weighted by Gasteiger charge is -2.31. The van der Waals surface area contributed by atoms with Gasteiger partial charge in [0.1, 0.15) is 12.2 Å². The van der Waals surface area contributed by atoms with E-state index in [1.165, 1.54) is 5.56 Å². The van der Waals surface area contributed by atoms with E-state index in [-0.39, 0.29) is 12.2 Å². The fraction of sp³-hybridized carbons (Fsp3) is 0.600. The zero-order chi connectivity index (χ0) is 13.3. The van der Waals surface area contributed by atoms with Crippen molar-refractivity contribution in [1.82, 2.24) is 5.32 Å². The second-order valence-corrected chi connectivity index (χ2v) is 4.66. The van der Waals surface area contributed by atoms with Gasteiger partial charge in [-0.2, -0.15) is 0 Å². The molecule has 0 aromatic heterocycles. The summed E-state index contributed by atoms with van der Waals surface area (Å²) in [5, 5.41) is 3.36. The second kappa shape index (κ2) is 8.27. The molecule has 1 N–H and O–H groups in total. The van der Waals surface area contributed by atoms with Crippen molar-refractivity contribution < 1.29 is 14.2 Å². The van der Waals surface area contributed by atoms with Crippen LogP contribution in [0.25, 0.3) is 0 Å². The van der Waals surface area contributed by atoms with E-state index in [0.29, 0.717) is 6.61 Å². The van der Waals surface area contributed by atoms with Gasteiger partial charge in [-0.05, 0) is 12.0 Å². The van der Waals surface area contributed by atoms with Crippen molar-refractivity contribution in [3.63, 3.8) is 0 Å². The van der Waals surface area contributed by atoms with Crippen molar-refractivity contribution in [1.29, 1.82) is 0 Å². The van der Waals surface area contributed by atoms with E-state index in [2.05, 4.69) is 17.4 Å². The van der Waals surface area contributed by atoms with Gasteiger partial charge in [-0.3, -0.25) is 0 Å². The highest BCUT2D eigenvalue weighted by Crippen LogP contribution is 2.24. The van der Waals surface area contributed by atoms with Gasteiger partial charge in [0.05, 0.1) is 6.61 Å². The molecule has 0 spiro atoms. The van der Waals surface area contributed by atoms with Crippen LogP contribution in [-0.2, 0) is 14.2 Å². The Labute approximate surface area is 115 Å². The van der Waals surface area contributed by atoms with E-state index in [9.17, 15) is 0 Å². The van der Waals surface area contributed by atoms with Crippen molar-refractivity contribution in [2.45, 2.75) is 18.6 Å². The quantitative estimate of drug-likeness (QED) is 0.763. The van der Waals surface area contributed by atoms with E-state index in [0.717, 1.165) is 32.7 Å². The van der Waals surface area contributed by atoms with Crippen molar-refractivity contribution >= 4 is 0 Å². The minimum Gasteiger partial charge on any atom is -0.385 e. The molecule has 1 aromatic carbocycles. The number of hydrogen-bond donors (Lipinski definition) is 1. The van der Waals surface area contributed by atoms with Crippen molar-refractivity contribution in [2.24, 2.45) is 0 Å². The standard InChI is InChI=1S/C15H23NO3/c1-17-9-5-10-19-15(13-6-3-2-4-7-13)14-12-16-8-11-18-14/h2-4,6-7,14-16H,5,8-12H2,1H3/t14?,15-/m0/s1. The molecule has 4 heteroatoms. The molecule has 0 bridgehead atoms. The highest BCUT2D eigenvalue weighted by atomic mass is 16.5. The molecule has 106 valence electrons. The number of rotatable bonds is 7. The van der Waals surface area contributed by atoms with Gasteiger partial charge in [-0.15, -0.1) is 0 Å². The molecular formula is C15H23NO3. The molecule has 1 unspecified atom stereocenters. The third kappa shape index (κ3) is 4.58. The minimum absolute atomic E-state index is 0.00847. The Morgan fingerprint density at radius 2 is 2.16 bits per heavy atom. The van der Waals surface area contributed by atoms with Crippen LogP contribution in [0.3, 0.4) is 0 Å². The molecule has 19 heavy (non-hydrogen) atoms. The van der Waals surface area contributed by atoms with Crippen LogP contribution in [0.5, 0.6) is 0 Å². The van der Waals surface area contributed by atoms with Crippen LogP contribution in [0, 0.1) is 0 Å². The molecule has 1 fully saturated rings. The number of morpholine rings is 1. The Kier molecular flexibility index (Phi) is 6.30. The molecule has 1 aliphatic rings. The number of nitrogens with one attached hydrogen (secondary N) is 1. The normalized spacial score (nSPS) is 21.2. The summed E-state index contributed by atoms with van der Waals surface area (Å²) in [5.41, 5.74) is 1.17. The van der Waals surface area contributed by atoms with E-state index >= 15 is 0 Å². The molecule has 0 aliphatic carbocycles. The Hall–Kier alpha value is -0.940. The molecule has 0 amide bonds. The predicted molar refractivity (Wildman–Crippen MR) is 74.2 cm³/mol. The Balaban J connectivity index is 1.96. The lowest BCUT2D eigenvalue weighted by molar-refractivity contribution is -0.0885. The molecule has 2 rings (SSSR count). The molecule has 4 nitrogen and oxygen atoms in total. The molecule has 1 aliphatic heterocycles. The first-order valence-corrected chi connectivity index (χ1v) is 6.89. The van der Waals surface area contributed by atoms with E-state index in [1.54, 1.807) is 7.11 Å². The highest BCUT2D eigenvalue weighted by Gasteiger charge is 2.26. The third-order valence-electron chi connectivity index (χ3n) is 3.21. The van der Waals surface area contributed by atoms with E-state index in [1.807, 2.05) is 18.2 Å². The van der Waals surface area contributed by atoms with Crippen LogP contribution in [0.4, 0.5) is 0 Å². The first-order valence-electron chi connectivity index (χ1n) is 6.89. The third-order valence-corrected chi connectivity index (χ3v) is 3.21. The van der Waals surface area contributed by atoms with Crippen molar-refractivity contribution in [3.05, 3.63) is 35.9 Å². The zero-order valence-corrected chi connectivity index (χ0v) is 11.5. The summed E-state index contributed by atoms with van der Waals surface area (Å²) in [4.78, 5) is 0. The van der Waals surface area contributed by atoms with E-state index < -0.39 is 0 Å². The SMILES string of the molecule is COCCCO[C@@H](c1ccccc1)C1CNCCO1. The zero-order valence-electron chi connectivity index (χ0n) is 11.5. The topological polar surface area (TPSA) is 39.7 Å². The average molecular weight is 265 g/mol. The van der Waals surface area contributed by atoms with Gasteiger partial charge in [-0.1, -0.05) is 30.3 Å². The van der Waals surface area contributed by atoms with E-state index in [4.69, 9.17) is 14.2 Å². The van der Waals surface area contributed by atoms with Gasteiger partial charge in [0.15, 0.2) is 0 Å². The summed E-state index contributed by atoms with van der Waals surface area (Å²) in [6.45, 7) is 3.92. The Bertz CT molecular complexity index is 339. The minimum atomic E-state index is -0.00847. The highest BCUT2D eigenvalue weighted by molar-refractivity contribution is 5.19. The van der Waals surface area contributed by atoms with Crippen LogP contribution >= 0.6 is 0 Å². The van der Waals surface area contributed by atoms with Gasteiger partial charge in [-0.25, -0.2) is 0 Å². The smallest absolute Gasteiger partial charge is 0.110 e. The van der Waals surface area contributed by atoms with Crippen LogP contribution in [0.2, 0.25) is 0 Å². The van der Waals surface area contributed by atoms with Crippen molar-refractivity contribution in [2.75, 3.05) is 40.0 Å². The first kappa shape index (κ1) is 14.5. The maximum Gasteiger partial charge on any atom is 0.110 e. The van der Waals surface area contributed by atoms with Gasteiger partial charge in [0.2, 0.25) is 0 Å². The summed E-state index contributed by atoms with van der Waals surface area (Å²) < 4.78 is 16.9. The number of methoxy groups -OCH3 is 1. The molecule has 0 saturated carbocycles. The first-order chi connectivity index (χ1) is 9.42. The Morgan fingerprint density at radius 3 is 2.84 bits per heavy atom. The number of ether oxygens (including phenoxy) is 3. The summed E-state index contributed by atoms with van der Waals surface area (Å²) in [6.07, 6.45) is 0.976. The largest absolute Gasteiger partial charge is 0.385 e. The number of hydrogen-bond acceptors (Lipinski definition) is 4. The van der Waals surface area contributed by atoms with Gasteiger partial charge in [0, 0.05) is 33.4 Å². The summed E-state index contributed by atoms with van der Waals surface area (Å²) >= 11 is 0. The van der Waals surface area contributed by atoms with Crippen molar-refractivity contribution in [3.8, 4) is 0 Å². The van der Waals surface area contributed by atoms with Crippen LogP contribution in [0.1, 0.15) is 18.1 Å². The molecule has 1 aromatic rings. The monoisotopic (exact) mass is 265 g/mol. The predicted octanol–water partition coefficient (Wildman–Crippen LogP) is 1.77. The molecule has 1 heterocycles. The summed E-state index contributed by atoms with van der Waals surface area (Å²) in [6, 6.07) is 10.3. The Morgan fingerprint density at radius 1 is 1.32 bits per heavy atom. The molecule has 2 atom stereocenters. The number of benzene rings is 1. The maximum absolute atomic E-state index is 6.02. The fourth-order valence-electron chi connectivity index (χ4n) is 2.25.